The van der Waals surface area contributed by atoms with E-state index in [9.17, 15) is 18.0 Å². The van der Waals surface area contributed by atoms with E-state index in [1.807, 2.05) is 0 Å². The summed E-state index contributed by atoms with van der Waals surface area (Å²) in [4.78, 5) is 30.6. The smallest absolute Gasteiger partial charge is 0.463 e. The molecule has 0 fully saturated rings. The number of hydroxylamine groups is 2. The highest BCUT2D eigenvalue weighted by atomic mass is 32.2. The van der Waals surface area contributed by atoms with Gasteiger partial charge in [0.05, 0.1) is 6.10 Å². The first-order valence-corrected chi connectivity index (χ1v) is 10.4. The summed E-state index contributed by atoms with van der Waals surface area (Å²) in [6.45, 7) is 6.89. The maximum Gasteiger partial charge on any atom is 0.470 e. The van der Waals surface area contributed by atoms with Crippen LogP contribution in [0.2, 0.25) is 0 Å². The van der Waals surface area contributed by atoms with Crippen molar-refractivity contribution in [1.82, 2.24) is 8.95 Å². The Labute approximate surface area is 160 Å². The molecule has 150 valence electrons. The third-order valence-corrected chi connectivity index (χ3v) is 5.82. The molecule has 2 amide bonds. The average molecular weight is 399 g/mol. The Kier molecular flexibility index (Phi) is 6.28. The Balaban J connectivity index is 2.33. The number of amides is 2. The van der Waals surface area contributed by atoms with Crippen molar-refractivity contribution in [1.29, 1.82) is 0 Å². The quantitative estimate of drug-likeness (QED) is 0.517. The standard InChI is InChI=1S/C18H27N2O6S/c1-13(2)25-17(21)11-8-12-19-18(22)20(5,26-14(3)4)15-9-6-7-10-16(15)27(19,23)24/h6-7,9-10,13-14H,8,11-12H2,1-5H3/q+1. The van der Waals surface area contributed by atoms with E-state index in [2.05, 4.69) is 0 Å². The summed E-state index contributed by atoms with van der Waals surface area (Å²) in [5.41, 5.74) is 0.270. The van der Waals surface area contributed by atoms with E-state index in [0.717, 1.165) is 4.31 Å². The maximum absolute atomic E-state index is 13.1. The molecule has 1 heterocycles. The van der Waals surface area contributed by atoms with Gasteiger partial charge in [0.1, 0.15) is 13.2 Å². The number of ether oxygens (including phenoxy) is 1. The molecule has 1 aliphatic heterocycles. The first-order valence-electron chi connectivity index (χ1n) is 8.91. The Bertz CT molecular complexity index is 821. The lowest BCUT2D eigenvalue weighted by atomic mass is 10.3. The monoisotopic (exact) mass is 399 g/mol. The van der Waals surface area contributed by atoms with E-state index in [-0.39, 0.29) is 42.2 Å². The SMILES string of the molecule is CC(C)OC(=O)CCCN1C(=O)[N+](C)(OC(C)C)c2ccccc2S1(=O)=O. The minimum absolute atomic E-state index is 0.0217. The van der Waals surface area contributed by atoms with Crippen LogP contribution < -0.4 is 4.65 Å². The molecule has 0 bridgehead atoms. The summed E-state index contributed by atoms with van der Waals surface area (Å²) in [6, 6.07) is 5.59. The van der Waals surface area contributed by atoms with Crippen LogP contribution in [0.1, 0.15) is 40.5 Å². The van der Waals surface area contributed by atoms with Crippen LogP contribution in [0.3, 0.4) is 0 Å². The van der Waals surface area contributed by atoms with Crippen molar-refractivity contribution in [2.45, 2.75) is 57.6 Å². The third-order valence-electron chi connectivity index (χ3n) is 4.00. The largest absolute Gasteiger partial charge is 0.470 e. The first-order chi connectivity index (χ1) is 12.5. The molecule has 0 N–H and O–H groups in total. The number of nitrogens with zero attached hydrogens (tertiary/aromatic N) is 2. The van der Waals surface area contributed by atoms with Crippen molar-refractivity contribution < 1.29 is 27.6 Å². The zero-order chi connectivity index (χ0) is 20.4. The summed E-state index contributed by atoms with van der Waals surface area (Å²) >= 11 is 0. The number of benzene rings is 1. The molecule has 1 aliphatic rings. The summed E-state index contributed by atoms with van der Waals surface area (Å²) in [5.74, 6) is -0.428. The molecule has 8 nitrogen and oxygen atoms in total. The van der Waals surface area contributed by atoms with Crippen molar-refractivity contribution in [3.05, 3.63) is 24.3 Å². The predicted molar refractivity (Wildman–Crippen MR) is 100 cm³/mol. The Morgan fingerprint density at radius 2 is 1.78 bits per heavy atom. The van der Waals surface area contributed by atoms with Crippen molar-refractivity contribution >= 4 is 27.7 Å². The molecule has 1 aromatic carbocycles. The summed E-state index contributed by atoms with van der Waals surface area (Å²) in [7, 11) is -2.50. The van der Waals surface area contributed by atoms with Crippen LogP contribution in [-0.2, 0) is 24.4 Å². The fourth-order valence-electron chi connectivity index (χ4n) is 2.99. The van der Waals surface area contributed by atoms with Gasteiger partial charge in [-0.05, 0) is 40.2 Å². The molecule has 1 unspecified atom stereocenters. The molecule has 0 spiro atoms. The molecule has 0 radical (unpaired) electrons. The Morgan fingerprint density at radius 3 is 2.37 bits per heavy atom. The minimum atomic E-state index is -4.02. The Morgan fingerprint density at radius 1 is 1.15 bits per heavy atom. The number of esters is 1. The van der Waals surface area contributed by atoms with Gasteiger partial charge in [0.2, 0.25) is 0 Å². The number of carbonyl (C=O) groups excluding carboxylic acids is 2. The lowest BCUT2D eigenvalue weighted by molar-refractivity contribution is -0.147. The molecule has 0 saturated heterocycles. The highest BCUT2D eigenvalue weighted by Gasteiger charge is 2.54. The first kappa shape index (κ1) is 21.3. The number of sulfonamides is 1. The minimum Gasteiger partial charge on any atom is -0.463 e. The van der Waals surface area contributed by atoms with Gasteiger partial charge in [-0.15, -0.1) is 0 Å². The van der Waals surface area contributed by atoms with E-state index in [0.29, 0.717) is 0 Å². The van der Waals surface area contributed by atoms with Gasteiger partial charge in [-0.1, -0.05) is 16.8 Å². The van der Waals surface area contributed by atoms with Crippen LogP contribution in [0.25, 0.3) is 0 Å². The topological polar surface area (TPSA) is 90.0 Å². The normalized spacial score (nSPS) is 21.4. The van der Waals surface area contributed by atoms with Gasteiger partial charge >= 0.3 is 12.0 Å². The number of hydrogen-bond acceptors (Lipinski definition) is 6. The van der Waals surface area contributed by atoms with E-state index < -0.39 is 26.7 Å². The number of para-hydroxylation sites is 1. The molecule has 0 aromatic heterocycles. The molecule has 0 aliphatic carbocycles. The second-order valence-corrected chi connectivity index (χ2v) is 8.88. The summed E-state index contributed by atoms with van der Waals surface area (Å²) < 4.78 is 31.2. The highest BCUT2D eigenvalue weighted by molar-refractivity contribution is 7.90. The number of rotatable bonds is 7. The number of urea groups is 1. The average Bonchev–Trinajstić information content (AvgIpc) is 2.55. The van der Waals surface area contributed by atoms with Crippen LogP contribution >= 0.6 is 0 Å². The fraction of sp³-hybridized carbons (Fsp3) is 0.556. The van der Waals surface area contributed by atoms with E-state index in [4.69, 9.17) is 9.57 Å². The maximum atomic E-state index is 13.1. The highest BCUT2D eigenvalue weighted by Crippen LogP contribution is 2.39. The molecule has 27 heavy (non-hydrogen) atoms. The van der Waals surface area contributed by atoms with Gasteiger partial charge in [-0.2, -0.15) is 9.14 Å². The summed E-state index contributed by atoms with van der Waals surface area (Å²) in [5, 5.41) is 0. The van der Waals surface area contributed by atoms with Crippen molar-refractivity contribution in [2.75, 3.05) is 13.6 Å². The van der Waals surface area contributed by atoms with Crippen LogP contribution in [0.4, 0.5) is 10.5 Å². The molecular weight excluding hydrogens is 372 g/mol. The molecule has 9 heteroatoms. The van der Waals surface area contributed by atoms with Gasteiger partial charge < -0.3 is 4.74 Å². The van der Waals surface area contributed by atoms with Crippen molar-refractivity contribution in [3.8, 4) is 0 Å². The molecule has 2 rings (SSSR count). The predicted octanol–water partition coefficient (Wildman–Crippen LogP) is 2.82. The number of hydrogen-bond donors (Lipinski definition) is 0. The lowest BCUT2D eigenvalue weighted by Gasteiger charge is -2.38. The molecular formula is C18H27N2O6S+. The van der Waals surface area contributed by atoms with Gasteiger partial charge in [-0.25, -0.2) is 13.2 Å². The van der Waals surface area contributed by atoms with Crippen LogP contribution in [0.15, 0.2) is 29.2 Å². The van der Waals surface area contributed by atoms with E-state index in [1.54, 1.807) is 45.9 Å². The summed E-state index contributed by atoms with van der Waals surface area (Å²) in [6.07, 6.45) is -0.367. The third kappa shape index (κ3) is 4.31. The van der Waals surface area contributed by atoms with Gasteiger partial charge in [0.15, 0.2) is 10.6 Å². The zero-order valence-corrected chi connectivity index (χ0v) is 17.2. The van der Waals surface area contributed by atoms with Crippen LogP contribution in [0, 0.1) is 0 Å². The van der Waals surface area contributed by atoms with E-state index in [1.165, 1.54) is 13.1 Å². The van der Waals surface area contributed by atoms with Crippen LogP contribution in [-0.4, -0.2) is 50.5 Å². The van der Waals surface area contributed by atoms with Gasteiger partial charge in [0.25, 0.3) is 10.0 Å². The number of fused-ring (bicyclic) bond motifs is 1. The molecule has 1 aromatic rings. The number of quaternary nitrogens is 1. The Hall–Kier alpha value is -1.97. The second kappa shape index (κ2) is 7.95. The fourth-order valence-corrected chi connectivity index (χ4v) is 4.72. The van der Waals surface area contributed by atoms with Gasteiger partial charge in [0, 0.05) is 19.0 Å². The lowest BCUT2D eigenvalue weighted by Crippen LogP contribution is -2.62. The van der Waals surface area contributed by atoms with Crippen molar-refractivity contribution in [2.24, 2.45) is 0 Å². The van der Waals surface area contributed by atoms with E-state index >= 15 is 0 Å². The van der Waals surface area contributed by atoms with Crippen molar-refractivity contribution in [3.63, 3.8) is 0 Å². The second-order valence-electron chi connectivity index (χ2n) is 7.05. The molecule has 0 saturated carbocycles. The number of carbonyl (C=O) groups is 2. The van der Waals surface area contributed by atoms with Crippen LogP contribution in [0.5, 0.6) is 0 Å². The van der Waals surface area contributed by atoms with Gasteiger partial charge in [-0.3, -0.25) is 4.79 Å². The molecule has 1 atom stereocenters. The zero-order valence-electron chi connectivity index (χ0n) is 16.3.